The van der Waals surface area contributed by atoms with E-state index >= 15 is 0 Å². The van der Waals surface area contributed by atoms with Crippen LogP contribution in [-0.4, -0.2) is 62.1 Å². The van der Waals surface area contributed by atoms with Crippen LogP contribution < -0.4 is 4.74 Å². The quantitative estimate of drug-likeness (QED) is 0.323. The fraction of sp³-hybridized carbons (Fsp3) is 0.571. The molecule has 0 radical (unpaired) electrons. The first kappa shape index (κ1) is 27.2. The number of methoxy groups -OCH3 is 2. The molecule has 192 valence electrons. The Morgan fingerprint density at radius 3 is 2.54 bits per heavy atom. The van der Waals surface area contributed by atoms with E-state index in [1.165, 1.54) is 23.3 Å². The van der Waals surface area contributed by atoms with Crippen molar-refractivity contribution in [3.63, 3.8) is 0 Å². The van der Waals surface area contributed by atoms with Gasteiger partial charge in [-0.15, -0.1) is 11.3 Å². The summed E-state index contributed by atoms with van der Waals surface area (Å²) >= 11 is 1.75. The second kappa shape index (κ2) is 14.2. The summed E-state index contributed by atoms with van der Waals surface area (Å²) in [7, 11) is 3.32. The van der Waals surface area contributed by atoms with Crippen molar-refractivity contribution < 1.29 is 19.1 Å². The smallest absolute Gasteiger partial charge is 0.242 e. The molecule has 2 aromatic rings. The molecule has 0 fully saturated rings. The molecule has 1 aromatic heterocycles. The molecule has 0 spiro atoms. The minimum Gasteiger partial charge on any atom is -0.497 e. The van der Waals surface area contributed by atoms with Gasteiger partial charge in [0.2, 0.25) is 11.8 Å². The molecular formula is C28H40N2O4S. The average molecular weight is 501 g/mol. The molecule has 1 aliphatic heterocycles. The van der Waals surface area contributed by atoms with Crippen molar-refractivity contribution in [2.75, 3.05) is 40.5 Å². The van der Waals surface area contributed by atoms with E-state index in [1.807, 2.05) is 29.2 Å². The summed E-state index contributed by atoms with van der Waals surface area (Å²) in [4.78, 5) is 31.8. The third-order valence-electron chi connectivity index (χ3n) is 6.67. The number of hydrogen-bond donors (Lipinski definition) is 0. The fourth-order valence-corrected chi connectivity index (χ4v) is 5.62. The Morgan fingerprint density at radius 1 is 1.06 bits per heavy atom. The Bertz CT molecular complexity index is 927. The van der Waals surface area contributed by atoms with Gasteiger partial charge < -0.3 is 19.3 Å². The van der Waals surface area contributed by atoms with Crippen LogP contribution in [0.3, 0.4) is 0 Å². The number of fused-ring (bicyclic) bond motifs is 1. The lowest BCUT2D eigenvalue weighted by Gasteiger charge is -2.37. The van der Waals surface area contributed by atoms with Gasteiger partial charge in [-0.25, -0.2) is 0 Å². The number of carbonyl (C=O) groups is 2. The second-order valence-corrected chi connectivity index (χ2v) is 10.1. The van der Waals surface area contributed by atoms with Gasteiger partial charge in [-0.1, -0.05) is 44.7 Å². The van der Waals surface area contributed by atoms with Crippen LogP contribution in [0.1, 0.15) is 73.9 Å². The molecule has 1 aliphatic rings. The highest BCUT2D eigenvalue weighted by molar-refractivity contribution is 7.10. The summed E-state index contributed by atoms with van der Waals surface area (Å²) in [5.41, 5.74) is 2.25. The molecule has 1 unspecified atom stereocenters. The molecule has 1 atom stereocenters. The molecule has 7 heteroatoms. The van der Waals surface area contributed by atoms with E-state index in [4.69, 9.17) is 9.47 Å². The topological polar surface area (TPSA) is 59.1 Å². The molecule has 1 aromatic carbocycles. The first-order valence-electron chi connectivity index (χ1n) is 12.8. The Morgan fingerprint density at radius 2 is 1.83 bits per heavy atom. The third kappa shape index (κ3) is 7.55. The molecule has 2 heterocycles. The van der Waals surface area contributed by atoms with Gasteiger partial charge in [0, 0.05) is 38.1 Å². The highest BCUT2D eigenvalue weighted by atomic mass is 32.1. The summed E-state index contributed by atoms with van der Waals surface area (Å²) in [5.74, 6) is 0.862. The number of amides is 2. The number of ether oxygens (including phenoxy) is 2. The van der Waals surface area contributed by atoms with E-state index in [-0.39, 0.29) is 24.4 Å². The molecule has 0 bridgehead atoms. The first-order valence-corrected chi connectivity index (χ1v) is 13.7. The van der Waals surface area contributed by atoms with Gasteiger partial charge in [0.15, 0.2) is 0 Å². The van der Waals surface area contributed by atoms with E-state index in [0.29, 0.717) is 26.1 Å². The lowest BCUT2D eigenvalue weighted by Crippen LogP contribution is -2.47. The zero-order valence-electron chi connectivity index (χ0n) is 21.5. The van der Waals surface area contributed by atoms with E-state index in [2.05, 4.69) is 18.4 Å². The predicted octanol–water partition coefficient (Wildman–Crippen LogP) is 5.46. The molecular weight excluding hydrogens is 460 g/mol. The SMILES string of the molecule is CCCCCCCC(=O)N(CCCOC)CC(=O)N1CCc2sccc2C1c1ccc(OC)cc1. The Balaban J connectivity index is 1.74. The number of thiophene rings is 1. The average Bonchev–Trinajstić information content (AvgIpc) is 3.36. The van der Waals surface area contributed by atoms with Crippen LogP contribution in [0.25, 0.3) is 0 Å². The monoisotopic (exact) mass is 500 g/mol. The number of nitrogens with zero attached hydrogens (tertiary/aromatic N) is 2. The predicted molar refractivity (Wildman–Crippen MR) is 141 cm³/mol. The molecule has 6 nitrogen and oxygen atoms in total. The van der Waals surface area contributed by atoms with Gasteiger partial charge >= 0.3 is 0 Å². The number of carbonyl (C=O) groups excluding carboxylic acids is 2. The van der Waals surface area contributed by atoms with Crippen molar-refractivity contribution in [3.05, 3.63) is 51.7 Å². The maximum absolute atomic E-state index is 13.7. The van der Waals surface area contributed by atoms with Crippen LogP contribution in [0.15, 0.2) is 35.7 Å². The van der Waals surface area contributed by atoms with E-state index in [9.17, 15) is 9.59 Å². The Labute approximate surface area is 214 Å². The molecule has 0 saturated carbocycles. The van der Waals surface area contributed by atoms with Gasteiger partial charge in [-0.05, 0) is 54.0 Å². The molecule has 0 saturated heterocycles. The summed E-state index contributed by atoms with van der Waals surface area (Å²) in [6.45, 7) is 4.07. The number of hydrogen-bond acceptors (Lipinski definition) is 5. The minimum atomic E-state index is -0.145. The summed E-state index contributed by atoms with van der Waals surface area (Å²) in [5, 5.41) is 2.11. The summed E-state index contributed by atoms with van der Waals surface area (Å²) in [6.07, 6.45) is 7.56. The van der Waals surface area contributed by atoms with E-state index in [0.717, 1.165) is 43.4 Å². The van der Waals surface area contributed by atoms with E-state index in [1.54, 1.807) is 30.5 Å². The molecule has 0 N–H and O–H groups in total. The second-order valence-electron chi connectivity index (χ2n) is 9.14. The zero-order valence-corrected chi connectivity index (χ0v) is 22.3. The largest absolute Gasteiger partial charge is 0.497 e. The van der Waals surface area contributed by atoms with E-state index < -0.39 is 0 Å². The Kier molecular flexibility index (Phi) is 11.1. The molecule has 35 heavy (non-hydrogen) atoms. The minimum absolute atomic E-state index is 0.000539. The lowest BCUT2D eigenvalue weighted by molar-refractivity contribution is -0.142. The third-order valence-corrected chi connectivity index (χ3v) is 7.66. The number of unbranched alkanes of at least 4 members (excludes halogenated alkanes) is 4. The van der Waals surface area contributed by atoms with Crippen LogP contribution in [0.5, 0.6) is 5.75 Å². The van der Waals surface area contributed by atoms with Gasteiger partial charge in [0.25, 0.3) is 0 Å². The van der Waals surface area contributed by atoms with Crippen molar-refractivity contribution in [1.29, 1.82) is 0 Å². The number of rotatable bonds is 14. The van der Waals surface area contributed by atoms with Crippen molar-refractivity contribution >= 4 is 23.2 Å². The molecule has 3 rings (SSSR count). The van der Waals surface area contributed by atoms with Crippen molar-refractivity contribution in [2.45, 2.75) is 64.3 Å². The fourth-order valence-electron chi connectivity index (χ4n) is 4.71. The summed E-state index contributed by atoms with van der Waals surface area (Å²) < 4.78 is 10.5. The van der Waals surface area contributed by atoms with Gasteiger partial charge in [-0.3, -0.25) is 9.59 Å². The lowest BCUT2D eigenvalue weighted by atomic mass is 9.93. The van der Waals surface area contributed by atoms with Crippen LogP contribution >= 0.6 is 11.3 Å². The highest BCUT2D eigenvalue weighted by Crippen LogP contribution is 2.38. The van der Waals surface area contributed by atoms with Crippen molar-refractivity contribution in [3.8, 4) is 5.75 Å². The van der Waals surface area contributed by atoms with Crippen LogP contribution in [0, 0.1) is 0 Å². The number of benzene rings is 1. The molecule has 2 amide bonds. The maximum atomic E-state index is 13.7. The summed E-state index contributed by atoms with van der Waals surface area (Å²) in [6, 6.07) is 9.94. The van der Waals surface area contributed by atoms with Gasteiger partial charge in [-0.2, -0.15) is 0 Å². The van der Waals surface area contributed by atoms with Gasteiger partial charge in [0.1, 0.15) is 5.75 Å². The molecule has 0 aliphatic carbocycles. The zero-order chi connectivity index (χ0) is 25.0. The van der Waals surface area contributed by atoms with Gasteiger partial charge in [0.05, 0.1) is 19.7 Å². The van der Waals surface area contributed by atoms with Crippen LogP contribution in [0.4, 0.5) is 0 Å². The first-order chi connectivity index (χ1) is 17.1. The highest BCUT2D eigenvalue weighted by Gasteiger charge is 2.33. The van der Waals surface area contributed by atoms with Crippen molar-refractivity contribution in [2.24, 2.45) is 0 Å². The Hall–Kier alpha value is -2.38. The maximum Gasteiger partial charge on any atom is 0.242 e. The van der Waals surface area contributed by atoms with Crippen molar-refractivity contribution in [1.82, 2.24) is 9.80 Å². The standard InChI is InChI=1S/C28H40N2O4S/c1-4-5-6-7-8-10-26(31)29(17-9-19-33-2)21-27(32)30-18-15-25-24(16-20-35-25)28(30)22-11-13-23(34-3)14-12-22/h11-14,16,20,28H,4-10,15,17-19,21H2,1-3H3. The van der Waals surface area contributed by atoms with Crippen LogP contribution in [0.2, 0.25) is 0 Å². The van der Waals surface area contributed by atoms with Crippen LogP contribution in [-0.2, 0) is 20.7 Å². The normalized spacial score (nSPS) is 15.1.